The van der Waals surface area contributed by atoms with Crippen LogP contribution in [0.5, 0.6) is 5.95 Å². The van der Waals surface area contributed by atoms with Gasteiger partial charge in [-0.1, -0.05) is 23.4 Å². The summed E-state index contributed by atoms with van der Waals surface area (Å²) in [5, 5.41) is 3.93. The van der Waals surface area contributed by atoms with E-state index in [1.165, 1.54) is 54.7 Å². The number of amidine groups is 1. The molecular weight excluding hydrogens is 547 g/mol. The second-order valence-electron chi connectivity index (χ2n) is 8.68. The Morgan fingerprint density at radius 1 is 0.900 bits per heavy atom. The van der Waals surface area contributed by atoms with Gasteiger partial charge in [0.15, 0.2) is 5.76 Å². The van der Waals surface area contributed by atoms with Crippen LogP contribution >= 0.6 is 0 Å². The van der Waals surface area contributed by atoms with Crippen LogP contribution in [-0.4, -0.2) is 22.8 Å². The van der Waals surface area contributed by atoms with Crippen molar-refractivity contribution in [2.24, 2.45) is 5.16 Å². The van der Waals surface area contributed by atoms with Crippen molar-refractivity contribution in [2.45, 2.75) is 25.1 Å². The number of methoxy groups -OCH3 is 1. The molecule has 6 nitrogen and oxygen atoms in total. The minimum atomic E-state index is -5.07. The van der Waals surface area contributed by atoms with Gasteiger partial charge in [-0.15, -0.1) is 0 Å². The number of alkyl halides is 6. The number of oxime groups is 1. The van der Waals surface area contributed by atoms with Gasteiger partial charge in [0.25, 0.3) is 5.95 Å². The van der Waals surface area contributed by atoms with Crippen LogP contribution in [0, 0.1) is 5.82 Å². The highest BCUT2D eigenvalue weighted by atomic mass is 19.4. The van der Waals surface area contributed by atoms with Gasteiger partial charge in [0.1, 0.15) is 5.82 Å². The molecule has 0 N–H and O–H groups in total. The minimum absolute atomic E-state index is 0.0271. The standard InChI is InChI=1S/C27H18F7N3O3/c1-38-23-7-6-22(39-23)24-36-40-25(15-10-17(26(29,30)31)12-18(11-15)27(32,33)34)37(24)14-16-13-35-9-8-19(16)20-4-2-3-5-21(20)28/h2-13,25H,14H2,1H3. The third kappa shape index (κ3) is 5.31. The van der Waals surface area contributed by atoms with Crippen molar-refractivity contribution in [1.82, 2.24) is 9.88 Å². The van der Waals surface area contributed by atoms with Gasteiger partial charge in [-0.3, -0.25) is 4.98 Å². The topological polar surface area (TPSA) is 60.1 Å². The Bertz CT molecular complexity index is 1530. The fraction of sp³-hybridized carbons (Fsp3) is 0.185. The molecule has 3 heterocycles. The highest BCUT2D eigenvalue weighted by Crippen LogP contribution is 2.41. The smallest absolute Gasteiger partial charge is 0.416 e. The predicted octanol–water partition coefficient (Wildman–Crippen LogP) is 7.42. The summed E-state index contributed by atoms with van der Waals surface area (Å²) in [5.41, 5.74) is -2.48. The summed E-state index contributed by atoms with van der Waals surface area (Å²) >= 11 is 0. The normalized spacial score (nSPS) is 15.7. The van der Waals surface area contributed by atoms with E-state index in [0.717, 1.165) is 0 Å². The van der Waals surface area contributed by atoms with Gasteiger partial charge in [0, 0.05) is 29.6 Å². The molecular formula is C27H18F7N3O3. The number of ether oxygens (including phenoxy) is 1. The molecule has 0 fully saturated rings. The molecule has 13 heteroatoms. The van der Waals surface area contributed by atoms with E-state index in [4.69, 9.17) is 14.0 Å². The molecule has 40 heavy (non-hydrogen) atoms. The second-order valence-corrected chi connectivity index (χ2v) is 8.68. The summed E-state index contributed by atoms with van der Waals surface area (Å²) in [6, 6.07) is 11.5. The number of benzene rings is 2. The predicted molar refractivity (Wildman–Crippen MR) is 127 cm³/mol. The molecule has 0 aliphatic carbocycles. The van der Waals surface area contributed by atoms with Gasteiger partial charge in [-0.05, 0) is 47.5 Å². The van der Waals surface area contributed by atoms with Crippen molar-refractivity contribution < 1.29 is 44.7 Å². The van der Waals surface area contributed by atoms with Crippen molar-refractivity contribution in [1.29, 1.82) is 0 Å². The van der Waals surface area contributed by atoms with Crippen LogP contribution in [0.2, 0.25) is 0 Å². The largest absolute Gasteiger partial charge is 0.468 e. The zero-order valence-electron chi connectivity index (χ0n) is 20.4. The maximum atomic E-state index is 14.7. The van der Waals surface area contributed by atoms with Crippen molar-refractivity contribution in [3.05, 3.63) is 107 Å². The molecule has 5 rings (SSSR count). The van der Waals surface area contributed by atoms with Gasteiger partial charge < -0.3 is 18.9 Å². The lowest BCUT2D eigenvalue weighted by Gasteiger charge is -2.27. The Labute approximate surface area is 222 Å². The van der Waals surface area contributed by atoms with Crippen LogP contribution in [-0.2, 0) is 23.7 Å². The quantitative estimate of drug-likeness (QED) is 0.228. The van der Waals surface area contributed by atoms with E-state index in [2.05, 4.69) is 10.1 Å². The summed E-state index contributed by atoms with van der Waals surface area (Å²) in [6.07, 6.45) is -8.84. The zero-order chi connectivity index (χ0) is 28.7. The number of aromatic nitrogens is 1. The van der Waals surface area contributed by atoms with Crippen LogP contribution in [0.4, 0.5) is 30.7 Å². The first-order valence-electron chi connectivity index (χ1n) is 11.6. The van der Waals surface area contributed by atoms with Crippen molar-refractivity contribution in [2.75, 3.05) is 7.11 Å². The van der Waals surface area contributed by atoms with E-state index >= 15 is 0 Å². The van der Waals surface area contributed by atoms with Crippen LogP contribution in [0.25, 0.3) is 11.1 Å². The molecule has 0 radical (unpaired) electrons. The van der Waals surface area contributed by atoms with E-state index in [9.17, 15) is 30.7 Å². The number of hydrogen-bond acceptors (Lipinski definition) is 6. The van der Waals surface area contributed by atoms with Gasteiger partial charge in [-0.2, -0.15) is 26.3 Å². The van der Waals surface area contributed by atoms with Crippen LogP contribution < -0.4 is 4.74 Å². The third-order valence-corrected chi connectivity index (χ3v) is 6.10. The lowest BCUT2D eigenvalue weighted by Crippen LogP contribution is -2.31. The van der Waals surface area contributed by atoms with Crippen LogP contribution in [0.1, 0.15) is 34.2 Å². The first-order chi connectivity index (χ1) is 19.0. The number of halogens is 7. The molecule has 0 spiro atoms. The van der Waals surface area contributed by atoms with E-state index in [1.54, 1.807) is 12.1 Å². The maximum Gasteiger partial charge on any atom is 0.416 e. The highest BCUT2D eigenvalue weighted by Gasteiger charge is 2.41. The molecule has 1 unspecified atom stereocenters. The Morgan fingerprint density at radius 3 is 2.23 bits per heavy atom. The molecule has 1 atom stereocenters. The SMILES string of the molecule is COc1ccc(C2=NOC(c3cc(C(F)(F)F)cc(C(F)(F)F)c3)N2Cc2cnccc2-c2ccccc2F)o1. The molecule has 0 bridgehead atoms. The summed E-state index contributed by atoms with van der Waals surface area (Å²) in [6.45, 7) is -0.207. The number of nitrogens with zero attached hydrogens (tertiary/aromatic N) is 3. The molecule has 2 aromatic heterocycles. The first kappa shape index (κ1) is 27.0. The van der Waals surface area contributed by atoms with E-state index in [-0.39, 0.29) is 35.7 Å². The summed E-state index contributed by atoms with van der Waals surface area (Å²) in [4.78, 5) is 10.8. The molecule has 1 aliphatic heterocycles. The number of furan rings is 1. The van der Waals surface area contributed by atoms with E-state index in [0.29, 0.717) is 23.3 Å². The average Bonchev–Trinajstić information content (AvgIpc) is 3.55. The van der Waals surface area contributed by atoms with Crippen LogP contribution in [0.3, 0.4) is 0 Å². The van der Waals surface area contributed by atoms with Gasteiger partial charge >= 0.3 is 12.4 Å². The summed E-state index contributed by atoms with van der Waals surface area (Å²) in [7, 11) is 1.34. The molecule has 0 saturated heterocycles. The van der Waals surface area contributed by atoms with E-state index < -0.39 is 41.1 Å². The zero-order valence-corrected chi connectivity index (χ0v) is 20.4. The monoisotopic (exact) mass is 565 g/mol. The molecule has 4 aromatic rings. The Balaban J connectivity index is 1.63. The number of rotatable bonds is 6. The number of pyridine rings is 1. The fourth-order valence-electron chi connectivity index (χ4n) is 4.26. The van der Waals surface area contributed by atoms with Crippen LogP contribution in [0.15, 0.2) is 82.6 Å². The number of hydrogen-bond donors (Lipinski definition) is 0. The Hall–Kier alpha value is -4.55. The van der Waals surface area contributed by atoms with Crippen molar-refractivity contribution in [3.8, 4) is 17.1 Å². The Kier molecular flexibility index (Phi) is 6.90. The van der Waals surface area contributed by atoms with Gasteiger partial charge in [0.2, 0.25) is 12.1 Å². The average molecular weight is 565 g/mol. The molecule has 0 amide bonds. The van der Waals surface area contributed by atoms with E-state index in [1.807, 2.05) is 0 Å². The van der Waals surface area contributed by atoms with Gasteiger partial charge in [0.05, 0.1) is 24.8 Å². The lowest BCUT2D eigenvalue weighted by molar-refractivity contribution is -0.143. The third-order valence-electron chi connectivity index (χ3n) is 6.10. The summed E-state index contributed by atoms with van der Waals surface area (Å²) < 4.78 is 107. The molecule has 208 valence electrons. The highest BCUT2D eigenvalue weighted by molar-refractivity contribution is 5.97. The first-order valence-corrected chi connectivity index (χ1v) is 11.6. The summed E-state index contributed by atoms with van der Waals surface area (Å²) in [5.74, 6) is -0.434. The Morgan fingerprint density at radius 2 is 1.60 bits per heavy atom. The fourth-order valence-corrected chi connectivity index (χ4v) is 4.26. The molecule has 2 aromatic carbocycles. The molecule has 1 aliphatic rings. The van der Waals surface area contributed by atoms with Crippen molar-refractivity contribution in [3.63, 3.8) is 0 Å². The maximum absolute atomic E-state index is 14.7. The van der Waals surface area contributed by atoms with Gasteiger partial charge in [-0.25, -0.2) is 4.39 Å². The molecule has 0 saturated carbocycles. The van der Waals surface area contributed by atoms with Crippen molar-refractivity contribution >= 4 is 5.84 Å². The lowest BCUT2D eigenvalue weighted by atomic mass is 9.99. The minimum Gasteiger partial charge on any atom is -0.468 e. The second kappa shape index (κ2) is 10.2.